The minimum absolute atomic E-state index is 0. The maximum atomic E-state index is 12.7. The summed E-state index contributed by atoms with van der Waals surface area (Å²) in [6, 6.07) is 5.65. The lowest BCUT2D eigenvalue weighted by Crippen LogP contribution is -2.49. The van der Waals surface area contributed by atoms with Crippen molar-refractivity contribution < 1.29 is 13.2 Å². The number of nitrogens with zero attached hydrogens (tertiary/aromatic N) is 2. The van der Waals surface area contributed by atoms with E-state index in [-0.39, 0.29) is 30.9 Å². The Labute approximate surface area is 141 Å². The van der Waals surface area contributed by atoms with Crippen LogP contribution < -0.4 is 10.6 Å². The molecule has 1 aliphatic heterocycles. The molecule has 0 aromatic heterocycles. The molecule has 1 saturated heterocycles. The molecule has 0 spiro atoms. The van der Waals surface area contributed by atoms with Crippen LogP contribution >= 0.6 is 24.8 Å². The molecule has 1 heterocycles. The summed E-state index contributed by atoms with van der Waals surface area (Å²) >= 11 is 0. The van der Waals surface area contributed by atoms with Crippen molar-refractivity contribution in [2.75, 3.05) is 37.6 Å². The highest BCUT2D eigenvalue weighted by Crippen LogP contribution is 2.31. The van der Waals surface area contributed by atoms with Crippen molar-refractivity contribution in [3.63, 3.8) is 0 Å². The average molecular weight is 360 g/mol. The SMILES string of the molecule is CC(N)CN1CCN(c2cccc(C(F)(F)F)c2)CC1.Cl.Cl. The predicted octanol–water partition coefficient (Wildman–Crippen LogP) is 3.02. The van der Waals surface area contributed by atoms with Gasteiger partial charge in [0.05, 0.1) is 5.56 Å². The Morgan fingerprint density at radius 2 is 1.73 bits per heavy atom. The maximum Gasteiger partial charge on any atom is 0.416 e. The van der Waals surface area contributed by atoms with E-state index in [1.165, 1.54) is 12.1 Å². The van der Waals surface area contributed by atoms with Crippen LogP contribution in [0.25, 0.3) is 0 Å². The molecule has 2 N–H and O–H groups in total. The van der Waals surface area contributed by atoms with Crippen molar-refractivity contribution >= 4 is 30.5 Å². The standard InChI is InChI=1S/C14H20F3N3.2ClH/c1-11(18)10-19-5-7-20(8-6-19)13-4-2-3-12(9-13)14(15,16)17;;/h2-4,9,11H,5-8,10,18H2,1H3;2*1H. The number of rotatable bonds is 3. The number of benzene rings is 1. The number of halogens is 5. The molecule has 1 atom stereocenters. The summed E-state index contributed by atoms with van der Waals surface area (Å²) in [5, 5.41) is 0. The van der Waals surface area contributed by atoms with Crippen molar-refractivity contribution in [1.29, 1.82) is 0 Å². The molecule has 0 bridgehead atoms. The summed E-state index contributed by atoms with van der Waals surface area (Å²) in [6.07, 6.45) is -4.28. The van der Waals surface area contributed by atoms with E-state index in [4.69, 9.17) is 5.73 Å². The van der Waals surface area contributed by atoms with E-state index in [9.17, 15) is 13.2 Å². The molecule has 1 fully saturated rings. The van der Waals surface area contributed by atoms with Crippen molar-refractivity contribution in [2.45, 2.75) is 19.1 Å². The van der Waals surface area contributed by atoms with E-state index < -0.39 is 11.7 Å². The van der Waals surface area contributed by atoms with Gasteiger partial charge in [0, 0.05) is 44.5 Å². The Morgan fingerprint density at radius 3 is 2.23 bits per heavy atom. The summed E-state index contributed by atoms with van der Waals surface area (Å²) in [7, 11) is 0. The average Bonchev–Trinajstić information content (AvgIpc) is 2.38. The van der Waals surface area contributed by atoms with Crippen molar-refractivity contribution in [3.8, 4) is 0 Å². The second-order valence-electron chi connectivity index (χ2n) is 5.31. The van der Waals surface area contributed by atoms with E-state index in [0.29, 0.717) is 5.69 Å². The van der Waals surface area contributed by atoms with Crippen LogP contribution in [0.5, 0.6) is 0 Å². The third kappa shape index (κ3) is 5.83. The van der Waals surface area contributed by atoms with Gasteiger partial charge in [-0.3, -0.25) is 4.90 Å². The Hall–Kier alpha value is -0.690. The van der Waals surface area contributed by atoms with Crippen LogP contribution in [0.4, 0.5) is 18.9 Å². The van der Waals surface area contributed by atoms with Crippen LogP contribution in [0.15, 0.2) is 24.3 Å². The van der Waals surface area contributed by atoms with E-state index >= 15 is 0 Å². The topological polar surface area (TPSA) is 32.5 Å². The molecule has 3 nitrogen and oxygen atoms in total. The highest BCUT2D eigenvalue weighted by atomic mass is 35.5. The third-order valence-electron chi connectivity index (χ3n) is 3.46. The lowest BCUT2D eigenvalue weighted by atomic mass is 10.1. The zero-order chi connectivity index (χ0) is 14.8. The first-order chi connectivity index (χ1) is 9.36. The van der Waals surface area contributed by atoms with Crippen molar-refractivity contribution in [2.24, 2.45) is 5.73 Å². The normalized spacial score (nSPS) is 17.4. The van der Waals surface area contributed by atoms with Gasteiger partial charge < -0.3 is 10.6 Å². The predicted molar refractivity (Wildman–Crippen MR) is 88.2 cm³/mol. The highest BCUT2D eigenvalue weighted by molar-refractivity contribution is 5.85. The summed E-state index contributed by atoms with van der Waals surface area (Å²) < 4.78 is 38.1. The number of nitrogens with two attached hydrogens (primary N) is 1. The molecule has 8 heteroatoms. The van der Waals surface area contributed by atoms with Crippen LogP contribution in [0.2, 0.25) is 0 Å². The molecule has 0 saturated carbocycles. The first-order valence-corrected chi connectivity index (χ1v) is 6.76. The third-order valence-corrected chi connectivity index (χ3v) is 3.46. The Bertz CT molecular complexity index is 447. The molecule has 1 aromatic rings. The van der Waals surface area contributed by atoms with Gasteiger partial charge >= 0.3 is 6.18 Å². The highest BCUT2D eigenvalue weighted by Gasteiger charge is 2.31. The van der Waals surface area contributed by atoms with Gasteiger partial charge in [-0.25, -0.2) is 0 Å². The van der Waals surface area contributed by atoms with Gasteiger partial charge in [0.15, 0.2) is 0 Å². The minimum Gasteiger partial charge on any atom is -0.369 e. The molecule has 0 radical (unpaired) electrons. The van der Waals surface area contributed by atoms with Crippen LogP contribution in [0, 0.1) is 0 Å². The summed E-state index contributed by atoms with van der Waals surface area (Å²) in [4.78, 5) is 4.24. The summed E-state index contributed by atoms with van der Waals surface area (Å²) in [6.45, 7) is 5.91. The molecular weight excluding hydrogens is 338 g/mol. The first-order valence-electron chi connectivity index (χ1n) is 6.76. The van der Waals surface area contributed by atoms with Crippen molar-refractivity contribution in [3.05, 3.63) is 29.8 Å². The quantitative estimate of drug-likeness (QED) is 0.900. The van der Waals surface area contributed by atoms with Gasteiger partial charge in [-0.2, -0.15) is 13.2 Å². The number of hydrogen-bond donors (Lipinski definition) is 1. The number of piperazine rings is 1. The molecule has 0 aliphatic carbocycles. The number of alkyl halides is 3. The molecule has 1 aliphatic rings. The lowest BCUT2D eigenvalue weighted by Gasteiger charge is -2.37. The van der Waals surface area contributed by atoms with Crippen molar-refractivity contribution in [1.82, 2.24) is 4.90 Å². The van der Waals surface area contributed by atoms with Crippen LogP contribution in [0.1, 0.15) is 12.5 Å². The smallest absolute Gasteiger partial charge is 0.369 e. The van der Waals surface area contributed by atoms with Gasteiger partial charge in [0.1, 0.15) is 0 Å². The molecule has 128 valence electrons. The maximum absolute atomic E-state index is 12.7. The largest absolute Gasteiger partial charge is 0.416 e. The zero-order valence-electron chi connectivity index (χ0n) is 12.3. The molecular formula is C14H22Cl2F3N3. The van der Waals surface area contributed by atoms with E-state index in [1.54, 1.807) is 6.07 Å². The van der Waals surface area contributed by atoms with Gasteiger partial charge in [-0.1, -0.05) is 6.07 Å². The second kappa shape index (κ2) is 8.82. The number of anilines is 1. The van der Waals surface area contributed by atoms with E-state index in [2.05, 4.69) is 4.90 Å². The first kappa shape index (κ1) is 21.3. The lowest BCUT2D eigenvalue weighted by molar-refractivity contribution is -0.137. The molecule has 1 unspecified atom stereocenters. The van der Waals surface area contributed by atoms with Crippen LogP contribution in [-0.4, -0.2) is 43.7 Å². The molecule has 1 aromatic carbocycles. The fraction of sp³-hybridized carbons (Fsp3) is 0.571. The van der Waals surface area contributed by atoms with Gasteiger partial charge in [0.2, 0.25) is 0 Å². The second-order valence-corrected chi connectivity index (χ2v) is 5.31. The van der Waals surface area contributed by atoms with Gasteiger partial charge in [-0.15, -0.1) is 24.8 Å². The van der Waals surface area contributed by atoms with E-state index in [1.807, 2.05) is 11.8 Å². The Kier molecular flexibility index (Phi) is 8.54. The van der Waals surface area contributed by atoms with Gasteiger partial charge in [-0.05, 0) is 25.1 Å². The Morgan fingerprint density at radius 1 is 1.14 bits per heavy atom. The summed E-state index contributed by atoms with van der Waals surface area (Å²) in [5.41, 5.74) is 5.81. The monoisotopic (exact) mass is 359 g/mol. The Balaban J connectivity index is 0.00000220. The van der Waals surface area contributed by atoms with Crippen LogP contribution in [-0.2, 0) is 6.18 Å². The van der Waals surface area contributed by atoms with Gasteiger partial charge in [0.25, 0.3) is 0 Å². The number of hydrogen-bond acceptors (Lipinski definition) is 3. The molecule has 2 rings (SSSR count). The molecule has 22 heavy (non-hydrogen) atoms. The zero-order valence-corrected chi connectivity index (χ0v) is 14.0. The summed E-state index contributed by atoms with van der Waals surface area (Å²) in [5.74, 6) is 0. The molecule has 0 amide bonds. The van der Waals surface area contributed by atoms with Crippen LogP contribution in [0.3, 0.4) is 0 Å². The fourth-order valence-electron chi connectivity index (χ4n) is 2.47. The fourth-order valence-corrected chi connectivity index (χ4v) is 2.47. The minimum atomic E-state index is -4.28. The van der Waals surface area contributed by atoms with E-state index in [0.717, 1.165) is 38.8 Å².